The average Bonchev–Trinajstić information content (AvgIpc) is 3.13. The van der Waals surface area contributed by atoms with E-state index in [0.29, 0.717) is 31.6 Å². The van der Waals surface area contributed by atoms with E-state index in [4.69, 9.17) is 5.11 Å². The van der Waals surface area contributed by atoms with Crippen LogP contribution in [-0.2, 0) is 4.79 Å². The van der Waals surface area contributed by atoms with E-state index in [1.807, 2.05) is 19.1 Å². The fourth-order valence-corrected chi connectivity index (χ4v) is 3.39. The third-order valence-corrected chi connectivity index (χ3v) is 5.15. The molecule has 2 aromatic rings. The average molecular weight is 374 g/mol. The highest BCUT2D eigenvalue weighted by Gasteiger charge is 2.29. The van der Waals surface area contributed by atoms with Gasteiger partial charge in [-0.15, -0.1) is 10.2 Å². The van der Waals surface area contributed by atoms with E-state index in [1.54, 1.807) is 17.0 Å². The van der Waals surface area contributed by atoms with Crippen molar-refractivity contribution in [1.29, 1.82) is 0 Å². The number of carbonyl (C=O) groups is 3. The number of carboxylic acids is 1. The number of nitrogens with zero attached hydrogens (tertiary/aromatic N) is 3. The highest BCUT2D eigenvalue weighted by Crippen LogP contribution is 2.21. The molecule has 2 heterocycles. The molecule has 3 rings (SSSR count). The molecule has 0 saturated carbocycles. The van der Waals surface area contributed by atoms with Gasteiger partial charge in [0.05, 0.1) is 5.92 Å². The van der Waals surface area contributed by atoms with E-state index in [-0.39, 0.29) is 15.9 Å². The Kier molecular flexibility index (Phi) is 5.27. The zero-order chi connectivity index (χ0) is 18.7. The second kappa shape index (κ2) is 7.61. The summed E-state index contributed by atoms with van der Waals surface area (Å²) in [7, 11) is 0. The number of piperidine rings is 1. The molecule has 1 aromatic heterocycles. The summed E-state index contributed by atoms with van der Waals surface area (Å²) < 4.78 is 0. The minimum Gasteiger partial charge on any atom is -0.481 e. The largest absolute Gasteiger partial charge is 0.481 e. The lowest BCUT2D eigenvalue weighted by atomic mass is 9.97. The number of anilines is 1. The number of nitrogens with one attached hydrogen (secondary N) is 1. The van der Waals surface area contributed by atoms with Gasteiger partial charge in [-0.05, 0) is 31.9 Å². The van der Waals surface area contributed by atoms with Crippen molar-refractivity contribution in [3.05, 3.63) is 39.8 Å². The van der Waals surface area contributed by atoms with E-state index in [0.717, 1.165) is 16.9 Å². The van der Waals surface area contributed by atoms with Crippen LogP contribution in [-0.4, -0.2) is 51.1 Å². The molecule has 0 spiro atoms. The molecule has 0 aliphatic carbocycles. The number of aryl methyl sites for hydroxylation is 1. The molecule has 9 heteroatoms. The standard InChI is InChI=1S/C17H18N4O4S/c1-10-2-4-12(5-3-10)18-13(22)14-19-20-15(26-14)16(23)21-8-6-11(7-9-21)17(24)25/h2-5,11H,6-9H2,1H3,(H,18,22)(H,24,25). The first-order valence-corrected chi connectivity index (χ1v) is 8.99. The van der Waals surface area contributed by atoms with Gasteiger partial charge in [0, 0.05) is 18.8 Å². The van der Waals surface area contributed by atoms with Gasteiger partial charge in [0.2, 0.25) is 10.0 Å². The topological polar surface area (TPSA) is 112 Å². The molecule has 2 amide bonds. The van der Waals surface area contributed by atoms with E-state index >= 15 is 0 Å². The maximum atomic E-state index is 12.5. The van der Waals surface area contributed by atoms with Crippen LogP contribution < -0.4 is 5.32 Å². The van der Waals surface area contributed by atoms with Crippen LogP contribution in [0.5, 0.6) is 0 Å². The molecule has 0 bridgehead atoms. The molecular weight excluding hydrogens is 356 g/mol. The molecule has 0 unspecified atom stereocenters. The van der Waals surface area contributed by atoms with Gasteiger partial charge in [-0.25, -0.2) is 0 Å². The number of carbonyl (C=O) groups excluding carboxylic acids is 2. The van der Waals surface area contributed by atoms with Gasteiger partial charge in [-0.2, -0.15) is 0 Å². The normalized spacial score (nSPS) is 14.9. The lowest BCUT2D eigenvalue weighted by Crippen LogP contribution is -2.40. The van der Waals surface area contributed by atoms with Crippen molar-refractivity contribution in [2.45, 2.75) is 19.8 Å². The van der Waals surface area contributed by atoms with Gasteiger partial charge in [0.15, 0.2) is 0 Å². The minimum atomic E-state index is -0.830. The SMILES string of the molecule is Cc1ccc(NC(=O)c2nnc(C(=O)N3CCC(C(=O)O)CC3)s2)cc1. The molecule has 0 radical (unpaired) electrons. The van der Waals surface area contributed by atoms with Crippen LogP contribution in [0.1, 0.15) is 38.0 Å². The Bertz CT molecular complexity index is 826. The lowest BCUT2D eigenvalue weighted by Gasteiger charge is -2.29. The number of benzene rings is 1. The van der Waals surface area contributed by atoms with Crippen LogP contribution in [0.25, 0.3) is 0 Å². The fourth-order valence-electron chi connectivity index (χ4n) is 2.69. The molecule has 1 fully saturated rings. The molecule has 136 valence electrons. The van der Waals surface area contributed by atoms with Gasteiger partial charge in [0.1, 0.15) is 0 Å². The van der Waals surface area contributed by atoms with Gasteiger partial charge >= 0.3 is 5.97 Å². The molecule has 1 aliphatic rings. The third-order valence-electron chi connectivity index (χ3n) is 4.24. The van der Waals surface area contributed by atoms with Gasteiger partial charge in [-0.3, -0.25) is 14.4 Å². The van der Waals surface area contributed by atoms with Crippen molar-refractivity contribution >= 4 is 34.8 Å². The number of rotatable bonds is 4. The fraction of sp³-hybridized carbons (Fsp3) is 0.353. The summed E-state index contributed by atoms with van der Waals surface area (Å²) >= 11 is 0.930. The van der Waals surface area contributed by atoms with Crippen molar-refractivity contribution in [3.8, 4) is 0 Å². The number of hydrogen-bond donors (Lipinski definition) is 2. The van der Waals surface area contributed by atoms with Crippen molar-refractivity contribution in [2.24, 2.45) is 5.92 Å². The first-order valence-electron chi connectivity index (χ1n) is 8.17. The molecular formula is C17H18N4O4S. The van der Waals surface area contributed by atoms with Crippen LogP contribution in [0, 0.1) is 12.8 Å². The molecule has 1 aromatic carbocycles. The Morgan fingerprint density at radius 2 is 1.73 bits per heavy atom. The monoisotopic (exact) mass is 374 g/mol. The van der Waals surface area contributed by atoms with Crippen LogP contribution in [0.2, 0.25) is 0 Å². The quantitative estimate of drug-likeness (QED) is 0.847. The number of aliphatic carboxylic acids is 1. The second-order valence-electron chi connectivity index (χ2n) is 6.14. The molecule has 2 N–H and O–H groups in total. The number of hydrogen-bond acceptors (Lipinski definition) is 6. The van der Waals surface area contributed by atoms with Crippen molar-refractivity contribution in [2.75, 3.05) is 18.4 Å². The second-order valence-corrected chi connectivity index (χ2v) is 7.11. The smallest absolute Gasteiger partial charge is 0.306 e. The highest BCUT2D eigenvalue weighted by atomic mass is 32.1. The molecule has 0 atom stereocenters. The summed E-state index contributed by atoms with van der Waals surface area (Å²) in [4.78, 5) is 37.2. The summed E-state index contributed by atoms with van der Waals surface area (Å²) in [5.41, 5.74) is 1.72. The highest BCUT2D eigenvalue weighted by molar-refractivity contribution is 7.15. The maximum Gasteiger partial charge on any atom is 0.306 e. The Hall–Kier alpha value is -2.81. The number of likely N-dealkylation sites (tertiary alicyclic amines) is 1. The van der Waals surface area contributed by atoms with Crippen molar-refractivity contribution < 1.29 is 19.5 Å². The summed E-state index contributed by atoms with van der Waals surface area (Å²) in [5, 5.41) is 19.6. The van der Waals surface area contributed by atoms with Crippen LogP contribution in [0.4, 0.5) is 5.69 Å². The van der Waals surface area contributed by atoms with Crippen molar-refractivity contribution in [3.63, 3.8) is 0 Å². The minimum absolute atomic E-state index is 0.106. The zero-order valence-corrected chi connectivity index (χ0v) is 15.0. The van der Waals surface area contributed by atoms with Gasteiger partial charge in [0.25, 0.3) is 11.8 Å². The van der Waals surface area contributed by atoms with E-state index in [9.17, 15) is 14.4 Å². The van der Waals surface area contributed by atoms with Gasteiger partial charge in [-0.1, -0.05) is 29.0 Å². The van der Waals surface area contributed by atoms with Gasteiger partial charge < -0.3 is 15.3 Å². The number of amides is 2. The van der Waals surface area contributed by atoms with Crippen LogP contribution in [0.3, 0.4) is 0 Å². The Balaban J connectivity index is 1.62. The molecule has 26 heavy (non-hydrogen) atoms. The molecule has 8 nitrogen and oxygen atoms in total. The lowest BCUT2D eigenvalue weighted by molar-refractivity contribution is -0.143. The number of aromatic nitrogens is 2. The Morgan fingerprint density at radius 1 is 1.12 bits per heavy atom. The Labute approximate surface area is 153 Å². The zero-order valence-electron chi connectivity index (χ0n) is 14.1. The Morgan fingerprint density at radius 3 is 2.35 bits per heavy atom. The first kappa shape index (κ1) is 18.0. The van der Waals surface area contributed by atoms with Crippen LogP contribution in [0.15, 0.2) is 24.3 Å². The van der Waals surface area contributed by atoms with E-state index in [1.165, 1.54) is 0 Å². The first-order chi connectivity index (χ1) is 12.4. The third kappa shape index (κ3) is 4.05. The number of carboxylic acid groups (broad SMARTS) is 1. The van der Waals surface area contributed by atoms with Crippen molar-refractivity contribution in [1.82, 2.24) is 15.1 Å². The summed E-state index contributed by atoms with van der Waals surface area (Å²) in [6.45, 7) is 2.67. The predicted molar refractivity (Wildman–Crippen MR) is 95.3 cm³/mol. The molecule has 1 aliphatic heterocycles. The predicted octanol–water partition coefficient (Wildman–Crippen LogP) is 2.04. The maximum absolute atomic E-state index is 12.5. The summed E-state index contributed by atoms with van der Waals surface area (Å²) in [6.07, 6.45) is 0.835. The summed E-state index contributed by atoms with van der Waals surface area (Å²) in [6, 6.07) is 7.33. The van der Waals surface area contributed by atoms with E-state index in [2.05, 4.69) is 15.5 Å². The molecule has 1 saturated heterocycles. The summed E-state index contributed by atoms with van der Waals surface area (Å²) in [5.74, 6) is -1.98. The van der Waals surface area contributed by atoms with E-state index < -0.39 is 17.8 Å². The van der Waals surface area contributed by atoms with Crippen LogP contribution >= 0.6 is 11.3 Å².